The summed E-state index contributed by atoms with van der Waals surface area (Å²) in [7, 11) is 1.69. The minimum atomic E-state index is -0.709. The fourth-order valence-corrected chi connectivity index (χ4v) is 4.23. The van der Waals surface area contributed by atoms with E-state index in [2.05, 4.69) is 16.0 Å². The number of ether oxygens (including phenoxy) is 1. The third kappa shape index (κ3) is 4.26. The van der Waals surface area contributed by atoms with Crippen molar-refractivity contribution >= 4 is 34.2 Å². The van der Waals surface area contributed by atoms with Gasteiger partial charge in [0, 0.05) is 17.5 Å². The molecule has 0 saturated carbocycles. The molecular formula is C23H28N4O4. The summed E-state index contributed by atoms with van der Waals surface area (Å²) in [6, 6.07) is 11.8. The lowest BCUT2D eigenvalue weighted by atomic mass is 10.1. The second kappa shape index (κ2) is 9.03. The average molecular weight is 425 g/mol. The molecule has 31 heavy (non-hydrogen) atoms. The molecule has 0 aliphatic carbocycles. The molecule has 1 unspecified atom stereocenters. The standard InChI is InChI=1S/C23H28N4O4/c1-14(24-2)21(28)26-18-12-13-31-20-11-10-19(27(20)23(18)30)22(29)25-17-9-5-7-15-6-3-4-8-16(15)17/h3-9,14,18-20,24H,10-13H2,1-2H3,(H,25,29)(H,26,28)/t14?,18-,19-,20-/m0/s1. The molecule has 164 valence electrons. The summed E-state index contributed by atoms with van der Waals surface area (Å²) in [5.74, 6) is -0.767. The summed E-state index contributed by atoms with van der Waals surface area (Å²) in [6.07, 6.45) is 1.04. The monoisotopic (exact) mass is 424 g/mol. The van der Waals surface area contributed by atoms with Gasteiger partial charge >= 0.3 is 0 Å². The maximum Gasteiger partial charge on any atom is 0.247 e. The Morgan fingerprint density at radius 2 is 1.87 bits per heavy atom. The summed E-state index contributed by atoms with van der Waals surface area (Å²) in [4.78, 5) is 40.3. The second-order valence-electron chi connectivity index (χ2n) is 8.04. The van der Waals surface area contributed by atoms with Gasteiger partial charge < -0.3 is 25.6 Å². The Labute approximate surface area is 181 Å². The van der Waals surface area contributed by atoms with Gasteiger partial charge in [0.05, 0.1) is 12.6 Å². The molecule has 0 bridgehead atoms. The lowest BCUT2D eigenvalue weighted by Gasteiger charge is -2.30. The Bertz CT molecular complexity index is 989. The molecule has 2 aliphatic heterocycles. The van der Waals surface area contributed by atoms with Gasteiger partial charge in [-0.2, -0.15) is 0 Å². The third-order valence-electron chi connectivity index (χ3n) is 6.10. The summed E-state index contributed by atoms with van der Waals surface area (Å²) < 4.78 is 5.85. The van der Waals surface area contributed by atoms with Crippen LogP contribution in [0.2, 0.25) is 0 Å². The summed E-state index contributed by atoms with van der Waals surface area (Å²) >= 11 is 0. The van der Waals surface area contributed by atoms with Gasteiger partial charge in [0.25, 0.3) is 0 Å². The van der Waals surface area contributed by atoms with E-state index in [1.165, 1.54) is 4.90 Å². The minimum absolute atomic E-state index is 0.244. The van der Waals surface area contributed by atoms with E-state index in [0.29, 0.717) is 31.6 Å². The zero-order valence-electron chi connectivity index (χ0n) is 17.8. The fourth-order valence-electron chi connectivity index (χ4n) is 4.23. The molecule has 3 N–H and O–H groups in total. The van der Waals surface area contributed by atoms with Crippen LogP contribution < -0.4 is 16.0 Å². The predicted molar refractivity (Wildman–Crippen MR) is 117 cm³/mol. The zero-order valence-corrected chi connectivity index (χ0v) is 17.8. The number of anilines is 1. The van der Waals surface area contributed by atoms with Gasteiger partial charge in [-0.15, -0.1) is 0 Å². The second-order valence-corrected chi connectivity index (χ2v) is 8.04. The molecular weight excluding hydrogens is 396 g/mol. The molecule has 0 radical (unpaired) electrons. The summed E-state index contributed by atoms with van der Waals surface area (Å²) in [5.41, 5.74) is 0.711. The number of carbonyl (C=O) groups excluding carboxylic acids is 3. The van der Waals surface area contributed by atoms with Crippen LogP contribution in [0, 0.1) is 0 Å². The number of carbonyl (C=O) groups is 3. The highest BCUT2D eigenvalue weighted by atomic mass is 16.5. The topological polar surface area (TPSA) is 99.8 Å². The van der Waals surface area contributed by atoms with Crippen molar-refractivity contribution in [1.29, 1.82) is 0 Å². The largest absolute Gasteiger partial charge is 0.358 e. The average Bonchev–Trinajstić information content (AvgIpc) is 3.15. The first-order chi connectivity index (χ1) is 15.0. The van der Waals surface area contributed by atoms with Gasteiger partial charge in [-0.05, 0) is 38.3 Å². The number of amides is 3. The summed E-state index contributed by atoms with van der Waals surface area (Å²) in [5, 5.41) is 10.6. The van der Waals surface area contributed by atoms with Gasteiger partial charge in [0.2, 0.25) is 17.7 Å². The Hall–Kier alpha value is -2.97. The summed E-state index contributed by atoms with van der Waals surface area (Å²) in [6.45, 7) is 2.08. The number of hydrogen-bond donors (Lipinski definition) is 3. The minimum Gasteiger partial charge on any atom is -0.358 e. The molecule has 2 aromatic rings. The number of rotatable bonds is 5. The van der Waals surface area contributed by atoms with Gasteiger partial charge in [0.15, 0.2) is 0 Å². The molecule has 3 amide bonds. The lowest BCUT2D eigenvalue weighted by Crippen LogP contribution is -2.55. The van der Waals surface area contributed by atoms with E-state index in [0.717, 1.165) is 10.8 Å². The normalized spacial score (nSPS) is 24.4. The molecule has 2 heterocycles. The predicted octanol–water partition coefficient (Wildman–Crippen LogP) is 1.61. The van der Waals surface area contributed by atoms with E-state index in [1.54, 1.807) is 14.0 Å². The Balaban J connectivity index is 1.53. The molecule has 2 fully saturated rings. The van der Waals surface area contributed by atoms with Gasteiger partial charge in [0.1, 0.15) is 18.3 Å². The molecule has 8 nitrogen and oxygen atoms in total. The maximum absolute atomic E-state index is 13.3. The quantitative estimate of drug-likeness (QED) is 0.677. The molecule has 2 aromatic carbocycles. The van der Waals surface area contributed by atoms with E-state index in [9.17, 15) is 14.4 Å². The lowest BCUT2D eigenvalue weighted by molar-refractivity contribution is -0.147. The van der Waals surface area contributed by atoms with Crippen molar-refractivity contribution in [2.75, 3.05) is 19.0 Å². The van der Waals surface area contributed by atoms with Crippen molar-refractivity contribution in [2.45, 2.75) is 50.5 Å². The van der Waals surface area contributed by atoms with Crippen LogP contribution in [0.1, 0.15) is 26.2 Å². The smallest absolute Gasteiger partial charge is 0.247 e. The van der Waals surface area contributed by atoms with Crippen molar-refractivity contribution < 1.29 is 19.1 Å². The van der Waals surface area contributed by atoms with Crippen molar-refractivity contribution in [3.05, 3.63) is 42.5 Å². The number of nitrogens with zero attached hydrogens (tertiary/aromatic N) is 1. The van der Waals surface area contributed by atoms with Crippen LogP contribution in [-0.4, -0.2) is 60.6 Å². The molecule has 0 spiro atoms. The Morgan fingerprint density at radius 1 is 1.10 bits per heavy atom. The Morgan fingerprint density at radius 3 is 2.68 bits per heavy atom. The van der Waals surface area contributed by atoms with E-state index >= 15 is 0 Å². The van der Waals surface area contributed by atoms with Crippen LogP contribution in [0.5, 0.6) is 0 Å². The van der Waals surface area contributed by atoms with Gasteiger partial charge in [-0.25, -0.2) is 0 Å². The zero-order chi connectivity index (χ0) is 22.0. The highest BCUT2D eigenvalue weighted by molar-refractivity contribution is 6.05. The van der Waals surface area contributed by atoms with Crippen molar-refractivity contribution in [1.82, 2.24) is 15.5 Å². The number of benzene rings is 2. The maximum atomic E-state index is 13.3. The molecule has 2 aliphatic rings. The molecule has 4 atom stereocenters. The van der Waals surface area contributed by atoms with Crippen molar-refractivity contribution in [3.63, 3.8) is 0 Å². The van der Waals surface area contributed by atoms with Crippen molar-refractivity contribution in [2.24, 2.45) is 0 Å². The first kappa shape index (κ1) is 21.3. The van der Waals surface area contributed by atoms with Gasteiger partial charge in [-0.3, -0.25) is 14.4 Å². The highest BCUT2D eigenvalue weighted by Crippen LogP contribution is 2.30. The first-order valence-electron chi connectivity index (χ1n) is 10.7. The van der Waals surface area contributed by atoms with E-state index in [4.69, 9.17) is 4.74 Å². The fraction of sp³-hybridized carbons (Fsp3) is 0.435. The molecule has 4 rings (SSSR count). The number of nitrogens with one attached hydrogen (secondary N) is 3. The third-order valence-corrected chi connectivity index (χ3v) is 6.10. The SMILES string of the molecule is CNC(C)C(=O)N[C@H]1CCO[C@H]2CC[C@@H](C(=O)Nc3cccc4ccccc34)N2C1=O. The van der Waals surface area contributed by atoms with E-state index in [1.807, 2.05) is 42.5 Å². The van der Waals surface area contributed by atoms with Crippen LogP contribution in [0.25, 0.3) is 10.8 Å². The van der Waals surface area contributed by atoms with Crippen LogP contribution in [0.15, 0.2) is 42.5 Å². The molecule has 0 aromatic heterocycles. The number of fused-ring (bicyclic) bond motifs is 2. The first-order valence-corrected chi connectivity index (χ1v) is 10.7. The number of hydrogen-bond acceptors (Lipinski definition) is 5. The van der Waals surface area contributed by atoms with E-state index < -0.39 is 24.4 Å². The van der Waals surface area contributed by atoms with Crippen LogP contribution in [0.3, 0.4) is 0 Å². The molecule has 2 saturated heterocycles. The Kier molecular flexibility index (Phi) is 6.20. The van der Waals surface area contributed by atoms with Crippen LogP contribution in [0.4, 0.5) is 5.69 Å². The van der Waals surface area contributed by atoms with Crippen LogP contribution in [-0.2, 0) is 19.1 Å². The van der Waals surface area contributed by atoms with E-state index in [-0.39, 0.29) is 17.7 Å². The van der Waals surface area contributed by atoms with Crippen molar-refractivity contribution in [3.8, 4) is 0 Å². The number of likely N-dealkylation sites (N-methyl/N-ethyl adjacent to an activating group) is 1. The highest BCUT2D eigenvalue weighted by Gasteiger charge is 2.45. The van der Waals surface area contributed by atoms with Crippen LogP contribution >= 0.6 is 0 Å². The molecule has 8 heteroatoms. The van der Waals surface area contributed by atoms with Gasteiger partial charge in [-0.1, -0.05) is 36.4 Å².